The molecule has 0 bridgehead atoms. The van der Waals surface area contributed by atoms with Crippen LogP contribution in [0.15, 0.2) is 0 Å². The van der Waals surface area contributed by atoms with E-state index in [2.05, 4.69) is 12.2 Å². The van der Waals surface area contributed by atoms with Crippen molar-refractivity contribution in [3.05, 3.63) is 0 Å². The van der Waals surface area contributed by atoms with E-state index in [1.54, 1.807) is 0 Å². The Hall–Kier alpha value is -0.0900. The minimum Gasteiger partial charge on any atom is -0.314 e. The average Bonchev–Trinajstić information content (AvgIpc) is 2.21. The van der Waals surface area contributed by atoms with E-state index in [4.69, 9.17) is 0 Å². The zero-order valence-electron chi connectivity index (χ0n) is 10.3. The molecule has 1 unspecified atom stereocenters. The highest BCUT2D eigenvalue weighted by atomic mass is 32.2. The Kier molecular flexibility index (Phi) is 8.06. The van der Waals surface area contributed by atoms with Crippen molar-refractivity contribution >= 4 is 9.84 Å². The highest BCUT2D eigenvalue weighted by Gasteiger charge is 2.11. The van der Waals surface area contributed by atoms with Crippen molar-refractivity contribution < 1.29 is 8.42 Å². The van der Waals surface area contributed by atoms with Crippen LogP contribution in [-0.2, 0) is 9.84 Å². The second kappa shape index (κ2) is 8.11. The molecule has 0 aromatic rings. The summed E-state index contributed by atoms with van der Waals surface area (Å²) >= 11 is 0. The molecule has 0 spiro atoms. The summed E-state index contributed by atoms with van der Waals surface area (Å²) in [4.78, 5) is 0. The van der Waals surface area contributed by atoms with E-state index >= 15 is 0 Å². The third kappa shape index (κ3) is 8.88. The largest absolute Gasteiger partial charge is 0.314 e. The first-order chi connectivity index (χ1) is 7.02. The summed E-state index contributed by atoms with van der Waals surface area (Å²) in [7, 11) is -2.80. The minimum absolute atomic E-state index is 0.307. The van der Waals surface area contributed by atoms with Crippen molar-refractivity contribution in [2.45, 2.75) is 52.5 Å². The summed E-state index contributed by atoms with van der Waals surface area (Å²) in [6, 6.07) is 0.307. The summed E-state index contributed by atoms with van der Waals surface area (Å²) < 4.78 is 23.1. The maximum atomic E-state index is 11.5. The van der Waals surface area contributed by atoms with Crippen molar-refractivity contribution in [3.63, 3.8) is 0 Å². The van der Waals surface area contributed by atoms with Crippen LogP contribution in [0.4, 0.5) is 0 Å². The number of hydrogen-bond donors (Lipinski definition) is 1. The molecule has 0 amide bonds. The number of hydrogen-bond acceptors (Lipinski definition) is 3. The first-order valence-electron chi connectivity index (χ1n) is 5.95. The van der Waals surface area contributed by atoms with E-state index < -0.39 is 9.84 Å². The van der Waals surface area contributed by atoms with E-state index in [1.807, 2.05) is 13.8 Å². The molecule has 0 rings (SSSR count). The minimum atomic E-state index is -2.80. The molecule has 0 aromatic carbocycles. The maximum absolute atomic E-state index is 11.5. The lowest BCUT2D eigenvalue weighted by atomic mass is 10.2. The van der Waals surface area contributed by atoms with E-state index in [1.165, 1.54) is 0 Å². The van der Waals surface area contributed by atoms with Crippen LogP contribution in [-0.4, -0.2) is 32.5 Å². The summed E-state index contributed by atoms with van der Waals surface area (Å²) in [5.41, 5.74) is 0. The smallest absolute Gasteiger partial charge is 0.150 e. The summed E-state index contributed by atoms with van der Waals surface area (Å²) in [6.07, 6.45) is 3.56. The van der Waals surface area contributed by atoms with Crippen LogP contribution in [0.3, 0.4) is 0 Å². The van der Waals surface area contributed by atoms with Gasteiger partial charge in [0.15, 0.2) is 0 Å². The molecule has 0 aliphatic rings. The molecule has 0 aromatic heterocycles. The molecule has 92 valence electrons. The number of unbranched alkanes of at least 4 members (excludes halogenated alkanes) is 1. The molecular weight excluding hydrogens is 210 g/mol. The Morgan fingerprint density at radius 2 is 1.80 bits per heavy atom. The lowest BCUT2D eigenvalue weighted by Gasteiger charge is -2.12. The van der Waals surface area contributed by atoms with Crippen molar-refractivity contribution in [2.75, 3.05) is 18.1 Å². The highest BCUT2D eigenvalue weighted by molar-refractivity contribution is 7.91. The van der Waals surface area contributed by atoms with Gasteiger partial charge in [-0.1, -0.05) is 20.3 Å². The first kappa shape index (κ1) is 14.9. The van der Waals surface area contributed by atoms with E-state index in [-0.39, 0.29) is 0 Å². The zero-order valence-corrected chi connectivity index (χ0v) is 11.1. The Bertz CT molecular complexity index is 237. The molecule has 0 aliphatic carbocycles. The van der Waals surface area contributed by atoms with Gasteiger partial charge in [-0.2, -0.15) is 0 Å². The molecule has 1 atom stereocenters. The van der Waals surface area contributed by atoms with Crippen LogP contribution in [0.5, 0.6) is 0 Å². The Morgan fingerprint density at radius 3 is 2.33 bits per heavy atom. The second-order valence-corrected chi connectivity index (χ2v) is 6.45. The second-order valence-electron chi connectivity index (χ2n) is 4.15. The number of rotatable bonds is 9. The van der Waals surface area contributed by atoms with Gasteiger partial charge in [0.2, 0.25) is 0 Å². The molecule has 0 saturated heterocycles. The molecule has 0 fully saturated rings. The fraction of sp³-hybridized carbons (Fsp3) is 1.00. The molecular formula is C11H25NO2S. The fourth-order valence-corrected chi connectivity index (χ4v) is 2.96. The normalized spacial score (nSPS) is 14.1. The third-order valence-electron chi connectivity index (χ3n) is 2.41. The van der Waals surface area contributed by atoms with Crippen molar-refractivity contribution in [1.82, 2.24) is 5.32 Å². The van der Waals surface area contributed by atoms with Gasteiger partial charge in [0.05, 0.1) is 11.5 Å². The zero-order chi connectivity index (χ0) is 11.7. The Morgan fingerprint density at radius 1 is 1.13 bits per heavy atom. The van der Waals surface area contributed by atoms with Crippen molar-refractivity contribution in [3.8, 4) is 0 Å². The molecule has 15 heavy (non-hydrogen) atoms. The first-order valence-corrected chi connectivity index (χ1v) is 7.77. The standard InChI is InChI=1S/C11H25NO2S/c1-4-6-9-15(13,14)10-7-11(3)12-8-5-2/h11-12H,4-10H2,1-3H3. The quantitative estimate of drug-likeness (QED) is 0.664. The summed E-state index contributed by atoms with van der Waals surface area (Å²) in [5.74, 6) is 0.675. The Labute approximate surface area is 94.6 Å². The molecule has 0 heterocycles. The monoisotopic (exact) mass is 235 g/mol. The van der Waals surface area contributed by atoms with Crippen LogP contribution in [0.2, 0.25) is 0 Å². The van der Waals surface area contributed by atoms with Crippen LogP contribution in [0, 0.1) is 0 Å². The van der Waals surface area contributed by atoms with E-state index in [9.17, 15) is 8.42 Å². The molecule has 1 N–H and O–H groups in total. The van der Waals surface area contributed by atoms with Gasteiger partial charge in [-0.15, -0.1) is 0 Å². The summed E-state index contributed by atoms with van der Waals surface area (Å²) in [5, 5.41) is 3.30. The fourth-order valence-electron chi connectivity index (χ4n) is 1.32. The van der Waals surface area contributed by atoms with Gasteiger partial charge < -0.3 is 5.32 Å². The van der Waals surface area contributed by atoms with Gasteiger partial charge in [0.25, 0.3) is 0 Å². The maximum Gasteiger partial charge on any atom is 0.150 e. The predicted molar refractivity (Wildman–Crippen MR) is 65.9 cm³/mol. The van der Waals surface area contributed by atoms with Crippen LogP contribution in [0.1, 0.15) is 46.5 Å². The van der Waals surface area contributed by atoms with Crippen LogP contribution in [0.25, 0.3) is 0 Å². The molecule has 0 aliphatic heterocycles. The van der Waals surface area contributed by atoms with Gasteiger partial charge in [-0.3, -0.25) is 0 Å². The lowest BCUT2D eigenvalue weighted by Crippen LogP contribution is -2.29. The van der Waals surface area contributed by atoms with Gasteiger partial charge >= 0.3 is 0 Å². The molecule has 0 radical (unpaired) electrons. The summed E-state index contributed by atoms with van der Waals surface area (Å²) in [6.45, 7) is 7.14. The Balaban J connectivity index is 3.72. The third-order valence-corrected chi connectivity index (χ3v) is 4.18. The van der Waals surface area contributed by atoms with Crippen LogP contribution < -0.4 is 5.32 Å². The van der Waals surface area contributed by atoms with Gasteiger partial charge in [-0.25, -0.2) is 8.42 Å². The predicted octanol–water partition coefficient (Wildman–Crippen LogP) is 1.98. The van der Waals surface area contributed by atoms with Crippen LogP contribution >= 0.6 is 0 Å². The van der Waals surface area contributed by atoms with Gasteiger partial charge in [0.1, 0.15) is 9.84 Å². The van der Waals surface area contributed by atoms with Gasteiger partial charge in [0, 0.05) is 6.04 Å². The van der Waals surface area contributed by atoms with Gasteiger partial charge in [-0.05, 0) is 32.7 Å². The van der Waals surface area contributed by atoms with E-state index in [0.29, 0.717) is 17.5 Å². The number of nitrogens with one attached hydrogen (secondary N) is 1. The SMILES string of the molecule is CCCCS(=O)(=O)CCC(C)NCCC. The molecule has 0 saturated carbocycles. The van der Waals surface area contributed by atoms with E-state index in [0.717, 1.165) is 32.2 Å². The average molecular weight is 235 g/mol. The highest BCUT2D eigenvalue weighted by Crippen LogP contribution is 2.01. The number of sulfone groups is 1. The topological polar surface area (TPSA) is 46.2 Å². The molecule has 3 nitrogen and oxygen atoms in total. The van der Waals surface area contributed by atoms with Crippen molar-refractivity contribution in [2.24, 2.45) is 0 Å². The lowest BCUT2D eigenvalue weighted by molar-refractivity contribution is 0.525. The molecule has 4 heteroatoms. The van der Waals surface area contributed by atoms with Crippen molar-refractivity contribution in [1.29, 1.82) is 0 Å².